The molecule has 4 atom stereocenters. The summed E-state index contributed by atoms with van der Waals surface area (Å²) in [6.45, 7) is 0. The Balaban J connectivity index is 1.68. The topological polar surface area (TPSA) is 0 Å². The van der Waals surface area contributed by atoms with Gasteiger partial charge in [-0.3, -0.25) is 0 Å². The van der Waals surface area contributed by atoms with Gasteiger partial charge in [0.25, 0.3) is 0 Å². The molecule has 15 heavy (non-hydrogen) atoms. The molecule has 0 spiro atoms. The van der Waals surface area contributed by atoms with Crippen molar-refractivity contribution in [3.63, 3.8) is 0 Å². The molecule has 2 aliphatic heterocycles. The van der Waals surface area contributed by atoms with E-state index < -0.39 is 0 Å². The molecule has 2 heteroatoms. The molecule has 90 valence electrons. The summed E-state index contributed by atoms with van der Waals surface area (Å²) in [5.74, 6) is 4.78. The monoisotopic (exact) mass is 432 g/mol. The molecule has 2 heterocycles. The van der Waals surface area contributed by atoms with Gasteiger partial charge in [0, 0.05) is 0 Å². The minimum atomic E-state index is 0.633. The first kappa shape index (κ1) is 11.5. The van der Waals surface area contributed by atoms with Crippen LogP contribution in [0.4, 0.5) is 0 Å². The van der Waals surface area contributed by atoms with E-state index in [0.29, 0.717) is 42.4 Å². The fourth-order valence-corrected chi connectivity index (χ4v) is 10.3. The van der Waals surface area contributed by atoms with Crippen LogP contribution >= 0.6 is 0 Å². The molecular weight excluding hydrogens is 410 g/mol. The van der Waals surface area contributed by atoms with Crippen LogP contribution in [0.15, 0.2) is 0 Å². The van der Waals surface area contributed by atoms with Crippen LogP contribution in [0.25, 0.3) is 0 Å². The Morgan fingerprint density at radius 3 is 1.87 bits per heavy atom. The van der Waals surface area contributed by atoms with Crippen molar-refractivity contribution in [2.45, 2.75) is 32.1 Å². The molecule has 1 saturated carbocycles. The first-order chi connectivity index (χ1) is 7.43. The van der Waals surface area contributed by atoms with Crippen LogP contribution in [0.5, 0.6) is 0 Å². The predicted octanol–water partition coefficient (Wildman–Crippen LogP) is -3.38. The van der Waals surface area contributed by atoms with E-state index in [0.717, 1.165) is 0 Å². The van der Waals surface area contributed by atoms with Gasteiger partial charge in [0.2, 0.25) is 0 Å². The Labute approximate surface area is 115 Å². The Kier molecular flexibility index (Phi) is 4.16. The summed E-state index contributed by atoms with van der Waals surface area (Å²) in [7, 11) is 0. The van der Waals surface area contributed by atoms with Crippen LogP contribution in [0.2, 0.25) is 0 Å². The molecule has 0 aromatic heterocycles. The molecule has 4 unspecified atom stereocenters. The number of hydrogen-bond acceptors (Lipinski definition) is 0. The third kappa shape index (κ3) is 2.66. The van der Waals surface area contributed by atoms with E-state index in [9.17, 15) is 0 Å². The van der Waals surface area contributed by atoms with E-state index in [4.69, 9.17) is 0 Å². The molecule has 2 saturated heterocycles. The molecular formula is C13H22I2-2. The minimum absolute atomic E-state index is 0.633. The first-order valence-corrected chi connectivity index (χ1v) is 12.6. The van der Waals surface area contributed by atoms with Crippen LogP contribution in [-0.2, 0) is 0 Å². The molecule has 0 N–H and O–H groups in total. The molecule has 1 aliphatic carbocycles. The van der Waals surface area contributed by atoms with Crippen LogP contribution in [-0.4, -0.2) is 17.7 Å². The second-order valence-corrected chi connectivity index (χ2v) is 11.8. The Bertz CT molecular complexity index is 195. The number of hydrogen-bond donors (Lipinski definition) is 0. The fourth-order valence-electron chi connectivity index (χ4n) is 3.76. The summed E-state index contributed by atoms with van der Waals surface area (Å²) in [5.41, 5.74) is 0. The molecule has 3 rings (SSSR count). The van der Waals surface area contributed by atoms with Crippen molar-refractivity contribution < 1.29 is 42.4 Å². The van der Waals surface area contributed by atoms with Gasteiger partial charge >= 0.3 is 116 Å². The van der Waals surface area contributed by atoms with E-state index >= 15 is 0 Å². The number of rotatable bonds is 0. The Morgan fingerprint density at radius 1 is 0.600 bits per heavy atom. The van der Waals surface area contributed by atoms with Gasteiger partial charge in [-0.05, 0) is 0 Å². The zero-order valence-electron chi connectivity index (χ0n) is 9.43. The van der Waals surface area contributed by atoms with Crippen molar-refractivity contribution in [3.8, 4) is 0 Å². The second-order valence-electron chi connectivity index (χ2n) is 5.48. The molecule has 3 aliphatic rings. The summed E-state index contributed by atoms with van der Waals surface area (Å²) in [4.78, 5) is 0. The molecule has 0 nitrogen and oxygen atoms in total. The summed E-state index contributed by atoms with van der Waals surface area (Å²) < 4.78 is 6.67. The zero-order valence-corrected chi connectivity index (χ0v) is 13.7. The number of alkyl halides is 4. The standard InChI is InChI=1S/C13H22I2/c1-4-14-5-2-11-8-13-9-15-6-3-12(13)7-10(1)11/h10-13H,1-9H2/q-2. The Hall–Kier alpha value is 1.46. The van der Waals surface area contributed by atoms with Gasteiger partial charge in [-0.1, -0.05) is 0 Å². The van der Waals surface area contributed by atoms with Crippen molar-refractivity contribution in [2.24, 2.45) is 23.7 Å². The summed E-state index contributed by atoms with van der Waals surface area (Å²) in [5, 5.41) is 0. The van der Waals surface area contributed by atoms with E-state index in [1.165, 1.54) is 23.7 Å². The third-order valence-electron chi connectivity index (χ3n) is 4.69. The van der Waals surface area contributed by atoms with Crippen molar-refractivity contribution in [3.05, 3.63) is 0 Å². The number of fused-ring (bicyclic) bond motifs is 2. The van der Waals surface area contributed by atoms with Crippen LogP contribution in [0.3, 0.4) is 0 Å². The first-order valence-electron chi connectivity index (χ1n) is 6.50. The summed E-state index contributed by atoms with van der Waals surface area (Å²) in [6.07, 6.45) is 8.23. The van der Waals surface area contributed by atoms with Crippen LogP contribution < -0.4 is 42.4 Å². The summed E-state index contributed by atoms with van der Waals surface area (Å²) >= 11 is 1.28. The van der Waals surface area contributed by atoms with E-state index in [-0.39, 0.29) is 0 Å². The van der Waals surface area contributed by atoms with Crippen molar-refractivity contribution in [1.29, 1.82) is 0 Å². The average molecular weight is 432 g/mol. The predicted molar refractivity (Wildman–Crippen MR) is 56.5 cm³/mol. The van der Waals surface area contributed by atoms with E-state index in [1.807, 2.05) is 0 Å². The average Bonchev–Trinajstić information content (AvgIpc) is 2.50. The van der Waals surface area contributed by atoms with Crippen LogP contribution in [0.1, 0.15) is 32.1 Å². The molecule has 0 amide bonds. The zero-order chi connectivity index (χ0) is 10.1. The van der Waals surface area contributed by atoms with Gasteiger partial charge in [-0.2, -0.15) is 0 Å². The van der Waals surface area contributed by atoms with Gasteiger partial charge in [0.15, 0.2) is 0 Å². The normalized spacial score (nSPS) is 47.5. The van der Waals surface area contributed by atoms with Crippen LogP contribution in [0, 0.1) is 23.7 Å². The van der Waals surface area contributed by atoms with Gasteiger partial charge in [0.05, 0.1) is 0 Å². The van der Waals surface area contributed by atoms with Gasteiger partial charge in [-0.25, -0.2) is 0 Å². The SMILES string of the molecule is C1CC2CC3CC[I-]CC3CC2CC[I-]1. The van der Waals surface area contributed by atoms with Gasteiger partial charge < -0.3 is 0 Å². The third-order valence-corrected chi connectivity index (χ3v) is 10.6. The maximum atomic E-state index is 1.70. The molecule has 0 aromatic carbocycles. The quantitative estimate of drug-likeness (QED) is 0.277. The van der Waals surface area contributed by atoms with Gasteiger partial charge in [0.1, 0.15) is 0 Å². The van der Waals surface area contributed by atoms with Crippen molar-refractivity contribution in [1.82, 2.24) is 0 Å². The summed E-state index contributed by atoms with van der Waals surface area (Å²) in [6, 6.07) is 0. The van der Waals surface area contributed by atoms with Crippen molar-refractivity contribution >= 4 is 0 Å². The number of halogens is 2. The molecule has 0 radical (unpaired) electrons. The molecule has 0 aromatic rings. The Morgan fingerprint density at radius 2 is 1.13 bits per heavy atom. The van der Waals surface area contributed by atoms with Gasteiger partial charge in [-0.15, -0.1) is 0 Å². The fraction of sp³-hybridized carbons (Fsp3) is 1.00. The second kappa shape index (κ2) is 5.40. The maximum absolute atomic E-state index is 1.70. The molecule has 3 fully saturated rings. The van der Waals surface area contributed by atoms with E-state index in [1.54, 1.807) is 49.8 Å². The van der Waals surface area contributed by atoms with E-state index in [2.05, 4.69) is 0 Å². The van der Waals surface area contributed by atoms with Crippen molar-refractivity contribution in [2.75, 3.05) is 17.7 Å². The molecule has 0 bridgehead atoms.